The number of nitrogens with zero attached hydrogens (tertiary/aromatic N) is 2. The highest BCUT2D eigenvalue weighted by Crippen LogP contribution is 2.21. The quantitative estimate of drug-likeness (QED) is 0.818. The average Bonchev–Trinajstić information content (AvgIpc) is 2.29. The molecular formula is C10H6F2N2O2S. The molecule has 0 unspecified atom stereocenters. The van der Waals surface area contributed by atoms with Gasteiger partial charge in [-0.05, 0) is 24.3 Å². The Bertz CT molecular complexity index is 607. The molecule has 0 aliphatic heterocycles. The lowest BCUT2D eigenvalue weighted by Gasteiger charge is -2.04. The third kappa shape index (κ3) is 2.01. The Kier molecular flexibility index (Phi) is 2.84. The van der Waals surface area contributed by atoms with E-state index in [0.717, 1.165) is 24.5 Å². The van der Waals surface area contributed by atoms with E-state index in [2.05, 4.69) is 9.97 Å². The van der Waals surface area contributed by atoms with Crippen LogP contribution in [0.2, 0.25) is 0 Å². The fourth-order valence-electron chi connectivity index (χ4n) is 1.23. The van der Waals surface area contributed by atoms with Crippen molar-refractivity contribution in [2.24, 2.45) is 0 Å². The molecule has 2 heterocycles. The Morgan fingerprint density at radius 3 is 1.65 bits per heavy atom. The molecule has 88 valence electrons. The molecule has 0 amide bonds. The fraction of sp³-hybridized carbons (Fsp3) is 0. The van der Waals surface area contributed by atoms with Gasteiger partial charge >= 0.3 is 0 Å². The van der Waals surface area contributed by atoms with Crippen molar-refractivity contribution in [1.82, 2.24) is 9.97 Å². The standard InChI is InChI=1S/C10H6F2N2O2S/c11-7-3-1-5-13-9(7)17(15,16)10-8(12)4-2-6-14-10/h1-6H. The van der Waals surface area contributed by atoms with Crippen LogP contribution in [0.25, 0.3) is 0 Å². The van der Waals surface area contributed by atoms with Crippen LogP contribution in [0.5, 0.6) is 0 Å². The summed E-state index contributed by atoms with van der Waals surface area (Å²) in [6.07, 6.45) is 2.22. The van der Waals surface area contributed by atoms with Crippen LogP contribution in [0.3, 0.4) is 0 Å². The molecule has 2 aromatic heterocycles. The van der Waals surface area contributed by atoms with Crippen LogP contribution in [0.1, 0.15) is 0 Å². The Balaban J connectivity index is 2.67. The first-order valence-electron chi connectivity index (χ1n) is 4.49. The number of rotatable bonds is 2. The highest BCUT2D eigenvalue weighted by molar-refractivity contribution is 7.91. The lowest BCUT2D eigenvalue weighted by atomic mass is 10.5. The normalized spacial score (nSPS) is 11.4. The minimum atomic E-state index is -4.37. The summed E-state index contributed by atoms with van der Waals surface area (Å²) in [5.74, 6) is -2.09. The molecule has 0 aliphatic carbocycles. The third-order valence-electron chi connectivity index (χ3n) is 1.96. The second-order valence-corrected chi connectivity index (χ2v) is 4.86. The molecule has 0 spiro atoms. The van der Waals surface area contributed by atoms with E-state index in [1.807, 2.05) is 0 Å². The van der Waals surface area contributed by atoms with Crippen molar-refractivity contribution in [3.63, 3.8) is 0 Å². The van der Waals surface area contributed by atoms with Gasteiger partial charge in [0, 0.05) is 12.4 Å². The van der Waals surface area contributed by atoms with Crippen molar-refractivity contribution in [1.29, 1.82) is 0 Å². The number of halogens is 2. The molecule has 0 radical (unpaired) electrons. The SMILES string of the molecule is O=S(=O)(c1ncccc1F)c1ncccc1F. The predicted molar refractivity (Wildman–Crippen MR) is 53.8 cm³/mol. The maximum absolute atomic E-state index is 13.3. The Hall–Kier alpha value is -1.89. The lowest BCUT2D eigenvalue weighted by Crippen LogP contribution is -2.10. The van der Waals surface area contributed by atoms with Gasteiger partial charge in [0.1, 0.15) is 0 Å². The first kappa shape index (κ1) is 11.6. The average molecular weight is 256 g/mol. The van der Waals surface area contributed by atoms with Gasteiger partial charge in [-0.3, -0.25) is 0 Å². The van der Waals surface area contributed by atoms with Crippen LogP contribution in [-0.2, 0) is 9.84 Å². The van der Waals surface area contributed by atoms with Crippen molar-refractivity contribution in [2.45, 2.75) is 10.1 Å². The predicted octanol–water partition coefficient (Wildman–Crippen LogP) is 1.59. The third-order valence-corrected chi connectivity index (χ3v) is 3.58. The van der Waals surface area contributed by atoms with E-state index >= 15 is 0 Å². The van der Waals surface area contributed by atoms with Gasteiger partial charge in [-0.25, -0.2) is 27.2 Å². The summed E-state index contributed by atoms with van der Waals surface area (Å²) < 4.78 is 50.4. The zero-order valence-corrected chi connectivity index (χ0v) is 9.16. The molecule has 0 saturated carbocycles. The molecule has 0 N–H and O–H groups in total. The molecule has 0 atom stereocenters. The molecule has 0 fully saturated rings. The monoisotopic (exact) mass is 256 g/mol. The summed E-state index contributed by atoms with van der Waals surface area (Å²) in [6, 6.07) is 4.34. The minimum absolute atomic E-state index is 0.836. The number of pyridine rings is 2. The van der Waals surface area contributed by atoms with Crippen LogP contribution in [0.15, 0.2) is 46.7 Å². The van der Waals surface area contributed by atoms with Crippen molar-refractivity contribution in [3.05, 3.63) is 48.3 Å². The maximum Gasteiger partial charge on any atom is 0.247 e. The molecule has 2 aromatic rings. The van der Waals surface area contributed by atoms with Gasteiger partial charge in [0.15, 0.2) is 21.7 Å². The summed E-state index contributed by atoms with van der Waals surface area (Å²) in [5.41, 5.74) is 0. The van der Waals surface area contributed by atoms with E-state index in [1.165, 1.54) is 12.1 Å². The summed E-state index contributed by atoms with van der Waals surface area (Å²) in [6.45, 7) is 0. The molecule has 2 rings (SSSR count). The highest BCUT2D eigenvalue weighted by atomic mass is 32.2. The van der Waals surface area contributed by atoms with Crippen LogP contribution < -0.4 is 0 Å². The summed E-state index contributed by atoms with van der Waals surface area (Å²) >= 11 is 0. The summed E-state index contributed by atoms with van der Waals surface area (Å²) in [4.78, 5) is 6.80. The van der Waals surface area contributed by atoms with Crippen molar-refractivity contribution in [2.75, 3.05) is 0 Å². The molecule has 0 aromatic carbocycles. The largest absolute Gasteiger partial charge is 0.247 e. The molecule has 0 saturated heterocycles. The molecule has 17 heavy (non-hydrogen) atoms. The van der Waals surface area contributed by atoms with Crippen molar-refractivity contribution < 1.29 is 17.2 Å². The fourth-order valence-corrected chi connectivity index (χ4v) is 2.46. The smallest absolute Gasteiger partial charge is 0.242 e. The minimum Gasteiger partial charge on any atom is -0.242 e. The van der Waals surface area contributed by atoms with E-state index in [4.69, 9.17) is 0 Å². The lowest BCUT2D eigenvalue weighted by molar-refractivity contribution is 0.534. The van der Waals surface area contributed by atoms with Crippen LogP contribution in [0.4, 0.5) is 8.78 Å². The van der Waals surface area contributed by atoms with Gasteiger partial charge in [0.25, 0.3) is 0 Å². The Morgan fingerprint density at radius 1 is 0.882 bits per heavy atom. The van der Waals surface area contributed by atoms with E-state index in [-0.39, 0.29) is 0 Å². The van der Waals surface area contributed by atoms with Crippen molar-refractivity contribution in [3.8, 4) is 0 Å². The van der Waals surface area contributed by atoms with Gasteiger partial charge in [-0.2, -0.15) is 0 Å². The molecule has 0 bridgehead atoms. The second kappa shape index (κ2) is 4.17. The number of hydrogen-bond acceptors (Lipinski definition) is 4. The maximum atomic E-state index is 13.3. The molecule has 0 aliphatic rings. The van der Waals surface area contributed by atoms with E-state index in [1.54, 1.807) is 0 Å². The van der Waals surface area contributed by atoms with E-state index in [0.29, 0.717) is 0 Å². The summed E-state index contributed by atoms with van der Waals surface area (Å²) in [7, 11) is -4.37. The number of sulfone groups is 1. The zero-order valence-electron chi connectivity index (χ0n) is 8.34. The Morgan fingerprint density at radius 2 is 1.29 bits per heavy atom. The number of hydrogen-bond donors (Lipinski definition) is 0. The molecule has 7 heteroatoms. The topological polar surface area (TPSA) is 59.9 Å². The van der Waals surface area contributed by atoms with Gasteiger partial charge in [-0.15, -0.1) is 0 Å². The first-order chi connectivity index (χ1) is 8.03. The van der Waals surface area contributed by atoms with E-state index in [9.17, 15) is 17.2 Å². The first-order valence-corrected chi connectivity index (χ1v) is 5.98. The van der Waals surface area contributed by atoms with Gasteiger partial charge in [0.2, 0.25) is 9.84 Å². The van der Waals surface area contributed by atoms with E-state index < -0.39 is 31.5 Å². The van der Waals surface area contributed by atoms with Crippen LogP contribution >= 0.6 is 0 Å². The Labute approximate surface area is 95.9 Å². The van der Waals surface area contributed by atoms with Gasteiger partial charge in [-0.1, -0.05) is 0 Å². The number of aromatic nitrogens is 2. The van der Waals surface area contributed by atoms with Gasteiger partial charge < -0.3 is 0 Å². The summed E-state index contributed by atoms with van der Waals surface area (Å²) in [5, 5.41) is -1.67. The zero-order chi connectivity index (χ0) is 12.5. The van der Waals surface area contributed by atoms with Crippen LogP contribution in [-0.4, -0.2) is 18.4 Å². The van der Waals surface area contributed by atoms with Gasteiger partial charge in [0.05, 0.1) is 0 Å². The molecular weight excluding hydrogens is 250 g/mol. The molecule has 4 nitrogen and oxygen atoms in total. The second-order valence-electron chi connectivity index (χ2n) is 3.08. The van der Waals surface area contributed by atoms with Crippen molar-refractivity contribution >= 4 is 9.84 Å². The highest BCUT2D eigenvalue weighted by Gasteiger charge is 2.27. The van der Waals surface area contributed by atoms with Crippen LogP contribution in [0, 0.1) is 11.6 Å².